The summed E-state index contributed by atoms with van der Waals surface area (Å²) < 4.78 is 0. The number of nitrogen functional groups attached to an aromatic ring is 1. The highest BCUT2D eigenvalue weighted by atomic mass is 16.3. The second-order valence-corrected chi connectivity index (χ2v) is 2.71. The van der Waals surface area contributed by atoms with Crippen molar-refractivity contribution in [2.75, 3.05) is 17.6 Å². The molecule has 0 aliphatic rings. The third-order valence-corrected chi connectivity index (χ3v) is 1.36. The number of aliphatic hydroxyl groups excluding tert-OH is 1. The van der Waals surface area contributed by atoms with E-state index in [1.165, 1.54) is 0 Å². The summed E-state index contributed by atoms with van der Waals surface area (Å²) in [6.07, 6.45) is 1.20. The number of anilines is 2. The van der Waals surface area contributed by atoms with Gasteiger partial charge in [-0.25, -0.2) is 4.98 Å². The number of nitrogens with zero attached hydrogens (tertiary/aromatic N) is 1. The third-order valence-electron chi connectivity index (χ3n) is 1.36. The van der Waals surface area contributed by atoms with Crippen molar-refractivity contribution in [3.8, 4) is 0 Å². The Balaban J connectivity index is 2.48. The Labute approximate surface area is 71.4 Å². The van der Waals surface area contributed by atoms with E-state index < -0.39 is 0 Å². The molecule has 4 nitrogen and oxygen atoms in total. The Kier molecular flexibility index (Phi) is 2.88. The lowest BCUT2D eigenvalue weighted by molar-refractivity contribution is 0.208. The maximum Gasteiger partial charge on any atom is 0.126 e. The first kappa shape index (κ1) is 8.80. The summed E-state index contributed by atoms with van der Waals surface area (Å²) in [7, 11) is 0. The molecule has 0 aliphatic carbocycles. The number of nitrogens with two attached hydrogens (primary N) is 1. The molecule has 4 N–H and O–H groups in total. The van der Waals surface area contributed by atoms with Gasteiger partial charge in [0.15, 0.2) is 0 Å². The quantitative estimate of drug-likeness (QED) is 0.611. The topological polar surface area (TPSA) is 71.2 Å². The van der Waals surface area contributed by atoms with Crippen LogP contribution in [0.5, 0.6) is 0 Å². The van der Waals surface area contributed by atoms with Crippen LogP contribution in [0, 0.1) is 0 Å². The summed E-state index contributed by atoms with van der Waals surface area (Å²) >= 11 is 0. The van der Waals surface area contributed by atoms with Gasteiger partial charge in [-0.2, -0.15) is 0 Å². The highest BCUT2D eigenvalue weighted by molar-refractivity contribution is 5.43. The molecule has 1 aromatic rings. The van der Waals surface area contributed by atoms with E-state index in [1.807, 2.05) is 0 Å². The molecular weight excluding hydrogens is 154 g/mol. The summed E-state index contributed by atoms with van der Waals surface area (Å²) in [4.78, 5) is 4.00. The van der Waals surface area contributed by atoms with Gasteiger partial charge in [0.2, 0.25) is 0 Å². The van der Waals surface area contributed by atoms with E-state index >= 15 is 0 Å². The van der Waals surface area contributed by atoms with Gasteiger partial charge in [-0.3, -0.25) is 0 Å². The van der Waals surface area contributed by atoms with Crippen LogP contribution < -0.4 is 11.1 Å². The molecule has 0 aliphatic heterocycles. The fourth-order valence-electron chi connectivity index (χ4n) is 0.762. The van der Waals surface area contributed by atoms with Crippen LogP contribution in [0.4, 0.5) is 11.5 Å². The molecule has 1 atom stereocenters. The maximum atomic E-state index is 8.95. The molecule has 1 aromatic heterocycles. The van der Waals surface area contributed by atoms with Gasteiger partial charge >= 0.3 is 0 Å². The lowest BCUT2D eigenvalue weighted by Crippen LogP contribution is -2.15. The van der Waals surface area contributed by atoms with Crippen LogP contribution >= 0.6 is 0 Å². The van der Waals surface area contributed by atoms with Crippen LogP contribution in [-0.4, -0.2) is 22.7 Å². The van der Waals surface area contributed by atoms with Crippen LogP contribution in [0.15, 0.2) is 18.3 Å². The second kappa shape index (κ2) is 3.92. The average molecular weight is 167 g/mol. The largest absolute Gasteiger partial charge is 0.397 e. The number of aliphatic hydroxyl groups is 1. The molecule has 0 saturated heterocycles. The number of rotatable bonds is 3. The summed E-state index contributed by atoms with van der Waals surface area (Å²) in [5.41, 5.74) is 6.08. The van der Waals surface area contributed by atoms with E-state index in [2.05, 4.69) is 10.3 Å². The zero-order chi connectivity index (χ0) is 8.97. The monoisotopic (exact) mass is 167 g/mol. The van der Waals surface area contributed by atoms with Crippen molar-refractivity contribution >= 4 is 11.5 Å². The minimum Gasteiger partial charge on any atom is -0.397 e. The second-order valence-electron chi connectivity index (χ2n) is 2.71. The molecule has 66 valence electrons. The first-order valence-corrected chi connectivity index (χ1v) is 3.82. The minimum absolute atomic E-state index is 0.371. The van der Waals surface area contributed by atoms with Crippen molar-refractivity contribution in [3.63, 3.8) is 0 Å². The molecule has 12 heavy (non-hydrogen) atoms. The molecule has 0 amide bonds. The molecule has 0 spiro atoms. The summed E-state index contributed by atoms with van der Waals surface area (Å²) in [5, 5.41) is 11.9. The van der Waals surface area contributed by atoms with Gasteiger partial charge in [0.1, 0.15) is 5.82 Å². The number of pyridine rings is 1. The van der Waals surface area contributed by atoms with E-state index in [4.69, 9.17) is 10.8 Å². The predicted molar refractivity (Wildman–Crippen MR) is 48.8 cm³/mol. The SMILES string of the molecule is C[C@@H](O)CNc1ccc(N)cn1. The van der Waals surface area contributed by atoms with E-state index in [0.717, 1.165) is 5.82 Å². The van der Waals surface area contributed by atoms with Crippen molar-refractivity contribution in [1.29, 1.82) is 0 Å². The highest BCUT2D eigenvalue weighted by Crippen LogP contribution is 2.05. The van der Waals surface area contributed by atoms with Gasteiger partial charge in [0.05, 0.1) is 18.0 Å². The van der Waals surface area contributed by atoms with Crippen LogP contribution in [0.2, 0.25) is 0 Å². The molecular formula is C8H13N3O. The van der Waals surface area contributed by atoms with E-state index in [9.17, 15) is 0 Å². The zero-order valence-electron chi connectivity index (χ0n) is 6.99. The molecule has 1 heterocycles. The molecule has 0 saturated carbocycles. The number of aromatic nitrogens is 1. The Morgan fingerprint density at radius 1 is 1.67 bits per heavy atom. The average Bonchev–Trinajstić information content (AvgIpc) is 2.03. The zero-order valence-corrected chi connectivity index (χ0v) is 6.99. The van der Waals surface area contributed by atoms with Crippen molar-refractivity contribution in [3.05, 3.63) is 18.3 Å². The van der Waals surface area contributed by atoms with Crippen LogP contribution in [0.25, 0.3) is 0 Å². The molecule has 0 fully saturated rings. The molecule has 0 radical (unpaired) electrons. The standard InChI is InChI=1S/C8H13N3O/c1-6(12)4-10-8-3-2-7(9)5-11-8/h2-3,5-6,12H,4,9H2,1H3,(H,10,11)/t6-/m1/s1. The summed E-state index contributed by atoms with van der Waals surface area (Å²) in [6.45, 7) is 2.21. The predicted octanol–water partition coefficient (Wildman–Crippen LogP) is 0.457. The summed E-state index contributed by atoms with van der Waals surface area (Å²) in [6, 6.07) is 3.54. The molecule has 0 aromatic carbocycles. The first-order valence-electron chi connectivity index (χ1n) is 3.82. The van der Waals surface area contributed by atoms with Crippen LogP contribution in [0.1, 0.15) is 6.92 Å². The maximum absolute atomic E-state index is 8.95. The van der Waals surface area contributed by atoms with Crippen molar-refractivity contribution in [1.82, 2.24) is 4.98 Å². The molecule has 1 rings (SSSR count). The fraction of sp³-hybridized carbons (Fsp3) is 0.375. The van der Waals surface area contributed by atoms with Gasteiger partial charge in [-0.15, -0.1) is 0 Å². The van der Waals surface area contributed by atoms with E-state index in [-0.39, 0.29) is 6.10 Å². The highest BCUT2D eigenvalue weighted by Gasteiger charge is 1.95. The minimum atomic E-state index is -0.371. The Morgan fingerprint density at radius 3 is 2.92 bits per heavy atom. The van der Waals surface area contributed by atoms with E-state index in [1.54, 1.807) is 25.3 Å². The molecule has 0 unspecified atom stereocenters. The Hall–Kier alpha value is -1.29. The smallest absolute Gasteiger partial charge is 0.126 e. The number of nitrogens with one attached hydrogen (secondary N) is 1. The van der Waals surface area contributed by atoms with Gasteiger partial charge in [0.25, 0.3) is 0 Å². The lowest BCUT2D eigenvalue weighted by atomic mass is 10.4. The number of hydrogen-bond acceptors (Lipinski definition) is 4. The number of hydrogen-bond donors (Lipinski definition) is 3. The van der Waals surface area contributed by atoms with Crippen LogP contribution in [0.3, 0.4) is 0 Å². The summed E-state index contributed by atoms with van der Waals surface area (Å²) in [5.74, 6) is 0.727. The van der Waals surface area contributed by atoms with Gasteiger partial charge in [-0.05, 0) is 19.1 Å². The van der Waals surface area contributed by atoms with Gasteiger partial charge in [0, 0.05) is 6.54 Å². The van der Waals surface area contributed by atoms with Crippen molar-refractivity contribution in [2.24, 2.45) is 0 Å². The van der Waals surface area contributed by atoms with Crippen molar-refractivity contribution in [2.45, 2.75) is 13.0 Å². The first-order chi connectivity index (χ1) is 5.68. The molecule has 4 heteroatoms. The molecule has 0 bridgehead atoms. The van der Waals surface area contributed by atoms with Gasteiger partial charge in [-0.1, -0.05) is 0 Å². The fourth-order valence-corrected chi connectivity index (χ4v) is 0.762. The van der Waals surface area contributed by atoms with Crippen molar-refractivity contribution < 1.29 is 5.11 Å². The van der Waals surface area contributed by atoms with E-state index in [0.29, 0.717) is 12.2 Å². The third kappa shape index (κ3) is 2.75. The van der Waals surface area contributed by atoms with Crippen LogP contribution in [-0.2, 0) is 0 Å². The Bertz CT molecular complexity index is 233. The Morgan fingerprint density at radius 2 is 2.42 bits per heavy atom. The lowest BCUT2D eigenvalue weighted by Gasteiger charge is -2.06. The van der Waals surface area contributed by atoms with Gasteiger partial charge < -0.3 is 16.2 Å². The normalized spacial score (nSPS) is 12.5.